The van der Waals surface area contributed by atoms with Crippen molar-refractivity contribution in [1.29, 1.82) is 0 Å². The molecule has 0 spiro atoms. The van der Waals surface area contributed by atoms with Crippen LogP contribution in [0, 0.1) is 12.8 Å². The summed E-state index contributed by atoms with van der Waals surface area (Å²) in [6.07, 6.45) is 41.0. The lowest BCUT2D eigenvalue weighted by Gasteiger charge is -2.21. The first kappa shape index (κ1) is 49.3. The molecule has 0 saturated heterocycles. The van der Waals surface area contributed by atoms with Crippen molar-refractivity contribution in [2.24, 2.45) is 10.3 Å². The Morgan fingerprint density at radius 1 is 0.690 bits per heavy atom. The summed E-state index contributed by atoms with van der Waals surface area (Å²) < 4.78 is 36.6. The molecule has 0 fully saturated rings. The van der Waals surface area contributed by atoms with Crippen molar-refractivity contribution < 1.29 is 28.0 Å². The van der Waals surface area contributed by atoms with E-state index in [-0.39, 0.29) is 40.1 Å². The molecule has 3 rings (SSSR count). The number of unbranched alkanes of at least 4 members (excludes halogenated alkanes) is 23. The number of sulfonamides is 1. The lowest BCUT2D eigenvalue weighted by molar-refractivity contribution is -0.384. The maximum absolute atomic E-state index is 13.3. The van der Waals surface area contributed by atoms with E-state index in [0.717, 1.165) is 63.4 Å². The van der Waals surface area contributed by atoms with Crippen molar-refractivity contribution in [2.75, 3.05) is 12.4 Å². The van der Waals surface area contributed by atoms with Crippen molar-refractivity contribution in [3.63, 3.8) is 0 Å². The number of carbonyl (C=O) groups is 1. The number of rotatable bonds is 34. The Labute approximate surface area is 353 Å². The largest absolute Gasteiger partial charge is 0.506 e. The number of allylic oxidation sites excluding steroid dienone is 4. The smallest absolute Gasteiger partial charge is 0.254 e. The highest BCUT2D eigenvalue weighted by Gasteiger charge is 2.40. The average molecular weight is 823 g/mol. The molecule has 1 aromatic heterocycles. The molecule has 1 aromatic rings. The van der Waals surface area contributed by atoms with Crippen LogP contribution in [0.1, 0.15) is 212 Å². The number of pyridine rings is 1. The fourth-order valence-corrected chi connectivity index (χ4v) is 9.50. The molecule has 58 heavy (non-hydrogen) atoms. The molecule has 0 radical (unpaired) electrons. The number of aryl methyl sites for hydroxylation is 1. The lowest BCUT2D eigenvalue weighted by Crippen LogP contribution is -2.69. The number of aliphatic hydroxyl groups is 1. The van der Waals surface area contributed by atoms with Gasteiger partial charge >= 0.3 is 0 Å². The van der Waals surface area contributed by atoms with Crippen molar-refractivity contribution in [2.45, 2.75) is 207 Å². The van der Waals surface area contributed by atoms with Crippen LogP contribution in [-0.2, 0) is 14.8 Å². The van der Waals surface area contributed by atoms with E-state index in [2.05, 4.69) is 35.1 Å². The molecule has 2 heterocycles. The Hall–Kier alpha value is -3.07. The van der Waals surface area contributed by atoms with Gasteiger partial charge in [-0.25, -0.2) is 13.4 Å². The van der Waals surface area contributed by atoms with Crippen LogP contribution in [-0.4, -0.2) is 48.6 Å². The van der Waals surface area contributed by atoms with Gasteiger partial charge in [0.1, 0.15) is 22.8 Å². The lowest BCUT2D eigenvalue weighted by atomic mass is 9.83. The highest BCUT2D eigenvalue weighted by atomic mass is 32.2. The number of nitrogens with one attached hydrogen (secondary N) is 1. The number of ether oxygens (including phenoxy) is 1. The van der Waals surface area contributed by atoms with E-state index in [9.17, 15) is 18.3 Å². The maximum Gasteiger partial charge on any atom is 0.254 e. The number of aromatic nitrogens is 1. The highest BCUT2D eigenvalue weighted by Crippen LogP contribution is 2.37. The summed E-state index contributed by atoms with van der Waals surface area (Å²) in [5.74, 6) is 0.390. The van der Waals surface area contributed by atoms with Crippen molar-refractivity contribution in [3.8, 4) is 5.75 Å². The quantitative estimate of drug-likeness (QED) is 0.0528. The summed E-state index contributed by atoms with van der Waals surface area (Å²) in [5, 5.41) is 11.0. The van der Waals surface area contributed by atoms with E-state index in [0.29, 0.717) is 23.7 Å². The normalized spacial score (nSPS) is 16.8. The molecule has 1 aliphatic carbocycles. The summed E-state index contributed by atoms with van der Waals surface area (Å²) in [6, 6.07) is 1.78. The van der Waals surface area contributed by atoms with E-state index >= 15 is 0 Å². The zero-order valence-electron chi connectivity index (χ0n) is 37.1. The van der Waals surface area contributed by atoms with Gasteiger partial charge in [-0.3, -0.25) is 9.78 Å². The highest BCUT2D eigenvalue weighted by molar-refractivity contribution is 7.90. The second-order valence-corrected chi connectivity index (χ2v) is 18.7. The third-order valence-electron chi connectivity index (χ3n) is 11.7. The molecule has 8 nitrogen and oxygen atoms in total. The van der Waals surface area contributed by atoms with Gasteiger partial charge in [0, 0.05) is 6.08 Å². The second kappa shape index (κ2) is 29.2. The standard InChI is InChI=1S/C49H79N3O5S/c1-5-8-11-14-16-17-18-19-20-21-22-23-24-25-27-30-35-57-45-38-51-44(36-40(45)4)47-48(53)46(49(47)54)43-34-33-42(37-50-43)52-58(55,56)39-41(31-28-13-10-7-3)32-29-26-15-12-9-6-2/h33-34,36-38,41,53H,5-32,35,39H2,1-4H3/p+1. The van der Waals surface area contributed by atoms with Gasteiger partial charge in [-0.1, -0.05) is 181 Å². The van der Waals surface area contributed by atoms with Gasteiger partial charge in [-0.2, -0.15) is 4.40 Å². The Kier molecular flexibility index (Phi) is 24.8. The molecule has 2 N–H and O–H groups in total. The van der Waals surface area contributed by atoms with Crippen molar-refractivity contribution >= 4 is 33.3 Å². The summed E-state index contributed by atoms with van der Waals surface area (Å²) in [6.45, 7) is 9.23. The molecular weight excluding hydrogens is 743 g/mol. The van der Waals surface area contributed by atoms with Crippen LogP contribution >= 0.6 is 0 Å². The Morgan fingerprint density at radius 2 is 1.17 bits per heavy atom. The van der Waals surface area contributed by atoms with E-state index in [1.807, 2.05) is 6.92 Å². The molecule has 1 unspecified atom stereocenters. The summed E-state index contributed by atoms with van der Waals surface area (Å²) in [4.78, 5) is 20.7. The Balaban J connectivity index is 1.41. The zero-order chi connectivity index (χ0) is 41.9. The summed E-state index contributed by atoms with van der Waals surface area (Å²) in [7, 11) is -3.69. The van der Waals surface area contributed by atoms with Gasteiger partial charge in [0.25, 0.3) is 10.0 Å². The van der Waals surface area contributed by atoms with E-state index in [1.165, 1.54) is 128 Å². The van der Waals surface area contributed by atoms with Crippen LogP contribution < -0.4 is 9.73 Å². The van der Waals surface area contributed by atoms with Crippen LogP contribution in [0.15, 0.2) is 45.8 Å². The first-order valence-corrected chi connectivity index (χ1v) is 25.2. The van der Waals surface area contributed by atoms with Crippen molar-refractivity contribution in [1.82, 2.24) is 4.98 Å². The predicted molar refractivity (Wildman–Crippen MR) is 243 cm³/mol. The minimum atomic E-state index is -3.69. The number of hydrogen-bond acceptors (Lipinski definition) is 6. The van der Waals surface area contributed by atoms with Gasteiger partial charge in [0.05, 0.1) is 29.8 Å². The molecule has 9 heteroatoms. The fourth-order valence-electron chi connectivity index (χ4n) is 8.06. The molecule has 0 aromatic carbocycles. The number of aliphatic hydroxyl groups excluding tert-OH is 1. The fraction of sp³-hybridized carbons (Fsp3) is 0.714. The first-order valence-electron chi connectivity index (χ1n) is 23.6. The maximum atomic E-state index is 13.3. The zero-order valence-corrected chi connectivity index (χ0v) is 37.9. The third-order valence-corrected chi connectivity index (χ3v) is 13.1. The van der Waals surface area contributed by atoms with Crippen molar-refractivity contribution in [3.05, 3.63) is 52.7 Å². The topological polar surface area (TPSA) is 120 Å². The van der Waals surface area contributed by atoms with Crippen LogP contribution in [0.2, 0.25) is 0 Å². The molecule has 326 valence electrons. The number of Topliss-reactive ketones (excluding diaryl/α,β-unsaturated/α-hetero) is 1. The monoisotopic (exact) mass is 823 g/mol. The SMILES string of the molecule is CCCCCCCCCCCCCCCCCCOc1cnc(C2=C(O)C(=C3C=CC(=NS(=O)(=O)CC(CCCCCC)CCCCCCCC)C=[NH+]3)C2=O)cc1C. The van der Waals surface area contributed by atoms with Gasteiger partial charge in [0.15, 0.2) is 6.21 Å². The van der Waals surface area contributed by atoms with Gasteiger partial charge in [-0.15, -0.1) is 0 Å². The minimum Gasteiger partial charge on any atom is -0.506 e. The predicted octanol–water partition coefficient (Wildman–Crippen LogP) is 12.0. The van der Waals surface area contributed by atoms with Gasteiger partial charge in [-0.05, 0) is 49.8 Å². The Morgan fingerprint density at radius 3 is 1.64 bits per heavy atom. The third kappa shape index (κ3) is 18.9. The molecule has 1 aliphatic heterocycles. The second-order valence-electron chi connectivity index (χ2n) is 17.0. The summed E-state index contributed by atoms with van der Waals surface area (Å²) >= 11 is 0. The van der Waals surface area contributed by atoms with Crippen LogP contribution in [0.3, 0.4) is 0 Å². The van der Waals surface area contributed by atoms with Crippen LogP contribution in [0.4, 0.5) is 0 Å². The first-order chi connectivity index (χ1) is 28.2. The molecule has 0 amide bonds. The van der Waals surface area contributed by atoms with Gasteiger partial charge in [0.2, 0.25) is 11.5 Å². The number of carbonyl (C=O) groups excluding carboxylic acids is 1. The Bertz CT molecular complexity index is 1610. The van der Waals surface area contributed by atoms with E-state index < -0.39 is 10.0 Å². The summed E-state index contributed by atoms with van der Waals surface area (Å²) in [5.41, 5.74) is 2.26. The number of hydrogen-bond donors (Lipinski definition) is 2. The van der Waals surface area contributed by atoms with Gasteiger partial charge < -0.3 is 9.84 Å². The van der Waals surface area contributed by atoms with Crippen LogP contribution in [0.25, 0.3) is 5.57 Å². The number of ketones is 1. The molecule has 2 aliphatic rings. The van der Waals surface area contributed by atoms with E-state index in [4.69, 9.17) is 4.74 Å². The average Bonchev–Trinajstić information content (AvgIpc) is 3.20. The van der Waals surface area contributed by atoms with Crippen LogP contribution in [0.5, 0.6) is 5.75 Å². The molecular formula is C49H80N3O5S+. The molecule has 0 saturated carbocycles. The number of nitrogens with zero attached hydrogens (tertiary/aromatic N) is 2. The molecule has 1 atom stereocenters. The minimum absolute atomic E-state index is 0.0500. The molecule has 0 bridgehead atoms. The van der Waals surface area contributed by atoms with E-state index in [1.54, 1.807) is 24.4 Å².